The maximum absolute atomic E-state index is 12.6. The molecule has 2 aromatic rings. The molecule has 1 saturated carbocycles. The van der Waals surface area contributed by atoms with Crippen molar-refractivity contribution in [1.29, 1.82) is 5.26 Å². The maximum atomic E-state index is 12.6. The predicted molar refractivity (Wildman–Crippen MR) is 111 cm³/mol. The summed E-state index contributed by atoms with van der Waals surface area (Å²) in [5.41, 5.74) is 0.135. The fourth-order valence-corrected chi connectivity index (χ4v) is 5.01. The fourth-order valence-electron chi connectivity index (χ4n) is 3.09. The van der Waals surface area contributed by atoms with Gasteiger partial charge >= 0.3 is 0 Å². The fraction of sp³-hybridized carbons (Fsp3) is 0.474. The second-order valence-electron chi connectivity index (χ2n) is 6.73. The lowest BCUT2D eigenvalue weighted by Crippen LogP contribution is -2.50. The normalized spacial score (nSPS) is 16.6. The number of ether oxygens (including phenoxy) is 1. The molecule has 0 saturated heterocycles. The van der Waals surface area contributed by atoms with E-state index in [0.717, 1.165) is 43.5 Å². The molecule has 1 unspecified atom stereocenters. The molecule has 1 aromatic carbocycles. The van der Waals surface area contributed by atoms with Crippen molar-refractivity contribution in [2.75, 3.05) is 12.4 Å². The summed E-state index contributed by atoms with van der Waals surface area (Å²) in [6.45, 7) is 1.82. The quantitative estimate of drug-likeness (QED) is 0.654. The van der Waals surface area contributed by atoms with E-state index < -0.39 is 5.54 Å². The van der Waals surface area contributed by atoms with E-state index in [9.17, 15) is 10.1 Å². The molecule has 7 nitrogen and oxygen atoms in total. The number of hydrogen-bond acceptors (Lipinski definition) is 8. The van der Waals surface area contributed by atoms with Gasteiger partial charge < -0.3 is 15.4 Å². The van der Waals surface area contributed by atoms with E-state index in [1.54, 1.807) is 7.11 Å². The van der Waals surface area contributed by atoms with Crippen molar-refractivity contribution in [3.05, 3.63) is 24.3 Å². The molecular formula is C19H23N5O2S2. The Morgan fingerprint density at radius 3 is 2.86 bits per heavy atom. The molecule has 0 bridgehead atoms. The number of carbonyl (C=O) groups excluding carboxylic acids is 1. The lowest BCUT2D eigenvalue weighted by atomic mass is 9.83. The molecule has 0 spiro atoms. The van der Waals surface area contributed by atoms with Crippen LogP contribution in [0.4, 0.5) is 10.8 Å². The highest BCUT2D eigenvalue weighted by Gasteiger charge is 2.35. The number of amides is 1. The second kappa shape index (κ2) is 9.26. The molecule has 1 aliphatic rings. The third-order valence-electron chi connectivity index (χ3n) is 4.66. The molecule has 3 rings (SSSR count). The third-order valence-corrected chi connectivity index (χ3v) is 6.68. The number of nitrogens with zero attached hydrogens (tertiary/aromatic N) is 3. The van der Waals surface area contributed by atoms with Gasteiger partial charge in [-0.3, -0.25) is 4.79 Å². The lowest BCUT2D eigenvalue weighted by Gasteiger charge is -2.32. The van der Waals surface area contributed by atoms with Crippen LogP contribution in [0.25, 0.3) is 0 Å². The first kappa shape index (κ1) is 20.4. The maximum Gasteiger partial charge on any atom is 0.234 e. The van der Waals surface area contributed by atoms with Gasteiger partial charge in [0.1, 0.15) is 11.3 Å². The molecule has 28 heavy (non-hydrogen) atoms. The Hall–Kier alpha value is -2.31. The van der Waals surface area contributed by atoms with Crippen molar-refractivity contribution >= 4 is 39.8 Å². The predicted octanol–water partition coefficient (Wildman–Crippen LogP) is 4.11. The topological polar surface area (TPSA) is 99.9 Å². The minimum Gasteiger partial charge on any atom is -0.497 e. The van der Waals surface area contributed by atoms with Gasteiger partial charge in [-0.25, -0.2) is 0 Å². The summed E-state index contributed by atoms with van der Waals surface area (Å²) in [7, 11) is 1.62. The number of hydrogen-bond donors (Lipinski definition) is 2. The average molecular weight is 418 g/mol. The molecule has 1 aliphatic carbocycles. The zero-order valence-electron chi connectivity index (χ0n) is 15.9. The Morgan fingerprint density at radius 1 is 1.36 bits per heavy atom. The molecule has 2 N–H and O–H groups in total. The minimum atomic E-state index is -0.718. The minimum absolute atomic E-state index is 0.133. The standard InChI is InChI=1S/C19H23N5O2S2/c1-13(16(25)22-19(12-20)9-4-3-5-10-19)27-18-24-23-17(28-18)21-14-7-6-8-15(11-14)26-2/h6-8,11,13H,3-5,9-10H2,1-2H3,(H,21,23)(H,22,25). The Balaban J connectivity index is 1.58. The Kier molecular flexibility index (Phi) is 6.75. The van der Waals surface area contributed by atoms with Gasteiger partial charge in [-0.1, -0.05) is 48.4 Å². The Bertz CT molecular complexity index is 858. The van der Waals surface area contributed by atoms with E-state index in [4.69, 9.17) is 4.74 Å². The Morgan fingerprint density at radius 2 is 2.14 bits per heavy atom. The highest BCUT2D eigenvalue weighted by Crippen LogP contribution is 2.32. The van der Waals surface area contributed by atoms with Crippen LogP contribution in [0.15, 0.2) is 28.6 Å². The van der Waals surface area contributed by atoms with Crippen molar-refractivity contribution in [3.63, 3.8) is 0 Å². The number of aromatic nitrogens is 2. The first-order chi connectivity index (χ1) is 13.5. The van der Waals surface area contributed by atoms with Crippen molar-refractivity contribution in [3.8, 4) is 11.8 Å². The van der Waals surface area contributed by atoms with Crippen molar-refractivity contribution in [1.82, 2.24) is 15.5 Å². The summed E-state index contributed by atoms with van der Waals surface area (Å²) < 4.78 is 5.91. The van der Waals surface area contributed by atoms with Crippen LogP contribution in [-0.2, 0) is 4.79 Å². The summed E-state index contributed by atoms with van der Waals surface area (Å²) in [5, 5.41) is 24.3. The number of rotatable bonds is 7. The lowest BCUT2D eigenvalue weighted by molar-refractivity contribution is -0.121. The van der Waals surface area contributed by atoms with Crippen LogP contribution in [0.3, 0.4) is 0 Å². The molecule has 148 valence electrons. The first-order valence-electron chi connectivity index (χ1n) is 9.18. The van der Waals surface area contributed by atoms with Crippen molar-refractivity contribution < 1.29 is 9.53 Å². The largest absolute Gasteiger partial charge is 0.497 e. The first-order valence-corrected chi connectivity index (χ1v) is 10.9. The summed E-state index contributed by atoms with van der Waals surface area (Å²) in [4.78, 5) is 12.6. The number of anilines is 2. The number of methoxy groups -OCH3 is 1. The van der Waals surface area contributed by atoms with E-state index in [1.165, 1.54) is 23.1 Å². The smallest absolute Gasteiger partial charge is 0.234 e. The molecule has 0 aliphatic heterocycles. The molecule has 1 atom stereocenters. The molecule has 1 heterocycles. The van der Waals surface area contributed by atoms with Crippen LogP contribution in [-0.4, -0.2) is 34.0 Å². The van der Waals surface area contributed by atoms with E-state index in [0.29, 0.717) is 9.47 Å². The van der Waals surface area contributed by atoms with E-state index in [-0.39, 0.29) is 11.2 Å². The zero-order chi connectivity index (χ0) is 20.0. The van der Waals surface area contributed by atoms with E-state index in [1.807, 2.05) is 31.2 Å². The molecule has 1 aromatic heterocycles. The number of thioether (sulfide) groups is 1. The van der Waals surface area contributed by atoms with E-state index in [2.05, 4.69) is 26.9 Å². The Labute approximate surface area is 172 Å². The molecule has 1 amide bonds. The molecule has 1 fully saturated rings. The molecule has 9 heteroatoms. The molecule has 0 radical (unpaired) electrons. The van der Waals surface area contributed by atoms with Gasteiger partial charge in [0.25, 0.3) is 0 Å². The second-order valence-corrected chi connectivity index (χ2v) is 9.30. The number of nitriles is 1. The summed E-state index contributed by atoms with van der Waals surface area (Å²) in [6, 6.07) is 9.86. The van der Waals surface area contributed by atoms with Crippen LogP contribution >= 0.6 is 23.1 Å². The highest BCUT2D eigenvalue weighted by atomic mass is 32.2. The van der Waals surface area contributed by atoms with E-state index >= 15 is 0 Å². The van der Waals surface area contributed by atoms with Crippen LogP contribution < -0.4 is 15.4 Å². The highest BCUT2D eigenvalue weighted by molar-refractivity contribution is 8.02. The summed E-state index contributed by atoms with van der Waals surface area (Å²) in [6.07, 6.45) is 4.52. The number of carbonyl (C=O) groups is 1. The van der Waals surface area contributed by atoms with Crippen molar-refractivity contribution in [2.45, 2.75) is 54.2 Å². The van der Waals surface area contributed by atoms with Crippen LogP contribution in [0, 0.1) is 11.3 Å². The number of nitrogens with one attached hydrogen (secondary N) is 2. The monoisotopic (exact) mass is 417 g/mol. The zero-order valence-corrected chi connectivity index (χ0v) is 17.5. The van der Waals surface area contributed by atoms with Gasteiger partial charge in [0.2, 0.25) is 11.0 Å². The van der Waals surface area contributed by atoms with Crippen LogP contribution in [0.2, 0.25) is 0 Å². The van der Waals surface area contributed by atoms with Gasteiger partial charge in [-0.05, 0) is 31.9 Å². The van der Waals surface area contributed by atoms with Gasteiger partial charge in [0.05, 0.1) is 18.4 Å². The van der Waals surface area contributed by atoms with Crippen molar-refractivity contribution in [2.24, 2.45) is 0 Å². The van der Waals surface area contributed by atoms with Crippen LogP contribution in [0.5, 0.6) is 5.75 Å². The summed E-state index contributed by atoms with van der Waals surface area (Å²) >= 11 is 2.73. The average Bonchev–Trinajstić information content (AvgIpc) is 3.15. The number of benzene rings is 1. The van der Waals surface area contributed by atoms with Gasteiger partial charge in [-0.2, -0.15) is 5.26 Å². The van der Waals surface area contributed by atoms with Gasteiger partial charge in [-0.15, -0.1) is 10.2 Å². The molecular weight excluding hydrogens is 394 g/mol. The third kappa shape index (κ3) is 5.14. The van der Waals surface area contributed by atoms with Crippen LogP contribution in [0.1, 0.15) is 39.0 Å². The SMILES string of the molecule is COc1cccc(Nc2nnc(SC(C)C(=O)NC3(C#N)CCCCC3)s2)c1. The van der Waals surface area contributed by atoms with Gasteiger partial charge in [0.15, 0.2) is 4.34 Å². The van der Waals surface area contributed by atoms with Gasteiger partial charge in [0, 0.05) is 11.8 Å². The summed E-state index contributed by atoms with van der Waals surface area (Å²) in [5.74, 6) is 0.620.